The van der Waals surface area contributed by atoms with Gasteiger partial charge in [-0.25, -0.2) is 0 Å². The fourth-order valence-corrected chi connectivity index (χ4v) is 1.62. The fourth-order valence-electron chi connectivity index (χ4n) is 1.62. The van der Waals surface area contributed by atoms with Gasteiger partial charge in [-0.05, 0) is 55.0 Å². The summed E-state index contributed by atoms with van der Waals surface area (Å²) in [4.78, 5) is 15.9. The predicted molar refractivity (Wildman–Crippen MR) is 75.2 cm³/mol. The molecule has 0 fully saturated rings. The topological polar surface area (TPSA) is 39.2 Å². The van der Waals surface area contributed by atoms with Gasteiger partial charge >= 0.3 is 0 Å². The van der Waals surface area contributed by atoms with Crippen molar-refractivity contribution < 1.29 is 9.53 Å². The van der Waals surface area contributed by atoms with Crippen molar-refractivity contribution in [2.75, 3.05) is 6.61 Å². The largest absolute Gasteiger partial charge is 0.494 e. The number of hydrogen-bond donors (Lipinski definition) is 0. The van der Waals surface area contributed by atoms with Crippen molar-refractivity contribution in [3.63, 3.8) is 0 Å². The summed E-state index contributed by atoms with van der Waals surface area (Å²) >= 11 is 0. The van der Waals surface area contributed by atoms with Crippen LogP contribution in [0.15, 0.2) is 54.9 Å². The normalized spacial score (nSPS) is 10.6. The number of allylic oxidation sites excluding steroid dienone is 1. The molecule has 2 rings (SSSR count). The van der Waals surface area contributed by atoms with Crippen molar-refractivity contribution in [2.45, 2.75) is 6.92 Å². The molecule has 0 radical (unpaired) electrons. The fraction of sp³-hybridized carbons (Fsp3) is 0.125. The highest BCUT2D eigenvalue weighted by atomic mass is 16.5. The van der Waals surface area contributed by atoms with Gasteiger partial charge in [-0.2, -0.15) is 0 Å². The summed E-state index contributed by atoms with van der Waals surface area (Å²) < 4.78 is 5.33. The average molecular weight is 253 g/mol. The highest BCUT2D eigenvalue weighted by molar-refractivity contribution is 6.06. The van der Waals surface area contributed by atoms with E-state index in [4.69, 9.17) is 4.74 Å². The van der Waals surface area contributed by atoms with E-state index in [-0.39, 0.29) is 5.78 Å². The molecule has 3 heteroatoms. The zero-order valence-electron chi connectivity index (χ0n) is 10.7. The molecule has 1 heterocycles. The summed E-state index contributed by atoms with van der Waals surface area (Å²) in [6, 6.07) is 10.8. The third-order valence-corrected chi connectivity index (χ3v) is 2.58. The van der Waals surface area contributed by atoms with Gasteiger partial charge in [0, 0.05) is 18.0 Å². The first kappa shape index (κ1) is 13.0. The molecule has 96 valence electrons. The second-order valence-corrected chi connectivity index (χ2v) is 3.94. The van der Waals surface area contributed by atoms with Crippen molar-refractivity contribution in [1.82, 2.24) is 4.98 Å². The number of nitrogens with zero attached hydrogens (tertiary/aromatic N) is 1. The molecule has 0 aliphatic carbocycles. The average Bonchev–Trinajstić information content (AvgIpc) is 2.47. The molecule has 0 saturated carbocycles. The zero-order valence-corrected chi connectivity index (χ0v) is 10.7. The standard InChI is InChI=1S/C16H15NO2/c1-2-19-15-6-4-14(5-7-15)16(18)8-3-13-9-11-17-12-10-13/h3-12H,2H2,1H3/b8-3+. The van der Waals surface area contributed by atoms with Crippen LogP contribution in [-0.4, -0.2) is 17.4 Å². The number of carbonyl (C=O) groups excluding carboxylic acids is 1. The maximum Gasteiger partial charge on any atom is 0.185 e. The Morgan fingerprint density at radius 3 is 2.47 bits per heavy atom. The Hall–Kier alpha value is -2.42. The first-order chi connectivity index (χ1) is 9.29. The minimum Gasteiger partial charge on any atom is -0.494 e. The van der Waals surface area contributed by atoms with Crippen molar-refractivity contribution in [1.29, 1.82) is 0 Å². The lowest BCUT2D eigenvalue weighted by Crippen LogP contribution is -1.95. The van der Waals surface area contributed by atoms with E-state index >= 15 is 0 Å². The van der Waals surface area contributed by atoms with Crippen LogP contribution in [0.1, 0.15) is 22.8 Å². The molecule has 0 N–H and O–H groups in total. The van der Waals surface area contributed by atoms with Gasteiger partial charge in [0.25, 0.3) is 0 Å². The van der Waals surface area contributed by atoms with Crippen LogP contribution in [0.2, 0.25) is 0 Å². The Balaban J connectivity index is 2.05. The van der Waals surface area contributed by atoms with Crippen LogP contribution >= 0.6 is 0 Å². The van der Waals surface area contributed by atoms with E-state index < -0.39 is 0 Å². The first-order valence-electron chi connectivity index (χ1n) is 6.15. The van der Waals surface area contributed by atoms with Crippen LogP contribution in [0.25, 0.3) is 6.08 Å². The van der Waals surface area contributed by atoms with E-state index in [1.54, 1.807) is 48.8 Å². The lowest BCUT2D eigenvalue weighted by atomic mass is 10.1. The van der Waals surface area contributed by atoms with Crippen LogP contribution in [0.3, 0.4) is 0 Å². The van der Waals surface area contributed by atoms with Gasteiger partial charge in [-0.15, -0.1) is 0 Å². The monoisotopic (exact) mass is 253 g/mol. The van der Waals surface area contributed by atoms with Gasteiger partial charge in [-0.3, -0.25) is 9.78 Å². The number of benzene rings is 1. The summed E-state index contributed by atoms with van der Waals surface area (Å²) in [5.74, 6) is 0.747. The number of pyridine rings is 1. The Morgan fingerprint density at radius 1 is 1.16 bits per heavy atom. The van der Waals surface area contributed by atoms with Crippen LogP contribution in [-0.2, 0) is 0 Å². The number of ketones is 1. The van der Waals surface area contributed by atoms with Gasteiger partial charge in [-0.1, -0.05) is 6.08 Å². The van der Waals surface area contributed by atoms with Gasteiger partial charge in [0.05, 0.1) is 6.61 Å². The Labute approximate surface area is 112 Å². The molecule has 19 heavy (non-hydrogen) atoms. The van der Waals surface area contributed by atoms with Crippen molar-refractivity contribution >= 4 is 11.9 Å². The molecule has 0 aliphatic heterocycles. The Bertz CT molecular complexity index is 559. The van der Waals surface area contributed by atoms with Crippen molar-refractivity contribution in [3.8, 4) is 5.75 Å². The molecule has 0 amide bonds. The summed E-state index contributed by atoms with van der Waals surface area (Å²) in [5, 5.41) is 0. The number of carbonyl (C=O) groups is 1. The third kappa shape index (κ3) is 3.78. The summed E-state index contributed by atoms with van der Waals surface area (Å²) in [7, 11) is 0. The molecule has 0 unspecified atom stereocenters. The minimum absolute atomic E-state index is 0.0279. The molecule has 0 aliphatic rings. The molecule has 0 spiro atoms. The molecule has 1 aromatic heterocycles. The molecule has 0 saturated heterocycles. The van der Waals surface area contributed by atoms with Crippen molar-refractivity contribution in [2.24, 2.45) is 0 Å². The molecular weight excluding hydrogens is 238 g/mol. The molecule has 1 aromatic carbocycles. The molecule has 0 atom stereocenters. The van der Waals surface area contributed by atoms with Crippen LogP contribution < -0.4 is 4.74 Å². The third-order valence-electron chi connectivity index (χ3n) is 2.58. The van der Waals surface area contributed by atoms with E-state index in [0.29, 0.717) is 12.2 Å². The molecular formula is C16H15NO2. The lowest BCUT2D eigenvalue weighted by Gasteiger charge is -2.02. The zero-order chi connectivity index (χ0) is 13.5. The van der Waals surface area contributed by atoms with Crippen LogP contribution in [0.5, 0.6) is 5.75 Å². The minimum atomic E-state index is -0.0279. The van der Waals surface area contributed by atoms with Crippen LogP contribution in [0, 0.1) is 0 Å². The number of hydrogen-bond acceptors (Lipinski definition) is 3. The number of aromatic nitrogens is 1. The highest BCUT2D eigenvalue weighted by Gasteiger charge is 2.01. The first-order valence-corrected chi connectivity index (χ1v) is 6.15. The summed E-state index contributed by atoms with van der Waals surface area (Å²) in [6.07, 6.45) is 6.73. The van der Waals surface area contributed by atoms with Gasteiger partial charge in [0.1, 0.15) is 5.75 Å². The highest BCUT2D eigenvalue weighted by Crippen LogP contribution is 2.13. The number of rotatable bonds is 5. The molecule has 0 bridgehead atoms. The van der Waals surface area contributed by atoms with E-state index in [2.05, 4.69) is 4.98 Å². The quantitative estimate of drug-likeness (QED) is 0.605. The Morgan fingerprint density at radius 2 is 1.84 bits per heavy atom. The SMILES string of the molecule is CCOc1ccc(C(=O)/C=C/c2ccncc2)cc1. The summed E-state index contributed by atoms with van der Waals surface area (Å²) in [6.45, 7) is 2.55. The second-order valence-electron chi connectivity index (χ2n) is 3.94. The lowest BCUT2D eigenvalue weighted by molar-refractivity contribution is 0.104. The van der Waals surface area contributed by atoms with E-state index in [0.717, 1.165) is 11.3 Å². The van der Waals surface area contributed by atoms with E-state index in [1.165, 1.54) is 0 Å². The maximum atomic E-state index is 11.9. The second kappa shape index (κ2) is 6.50. The van der Waals surface area contributed by atoms with E-state index in [1.807, 2.05) is 19.1 Å². The van der Waals surface area contributed by atoms with Gasteiger partial charge in [0.2, 0.25) is 0 Å². The van der Waals surface area contributed by atoms with Crippen LogP contribution in [0.4, 0.5) is 0 Å². The molecule has 2 aromatic rings. The number of ether oxygens (including phenoxy) is 1. The maximum absolute atomic E-state index is 11.9. The predicted octanol–water partition coefficient (Wildman–Crippen LogP) is 3.38. The van der Waals surface area contributed by atoms with Crippen molar-refractivity contribution in [3.05, 3.63) is 66.0 Å². The molecule has 3 nitrogen and oxygen atoms in total. The van der Waals surface area contributed by atoms with Gasteiger partial charge in [0.15, 0.2) is 5.78 Å². The smallest absolute Gasteiger partial charge is 0.185 e. The van der Waals surface area contributed by atoms with Gasteiger partial charge < -0.3 is 4.74 Å². The van der Waals surface area contributed by atoms with E-state index in [9.17, 15) is 4.79 Å². The Kier molecular flexibility index (Phi) is 4.45. The summed E-state index contributed by atoms with van der Waals surface area (Å²) in [5.41, 5.74) is 1.60.